The maximum atomic E-state index is 5.70. The molecular formula is C18H32NO2+. The molecule has 0 bridgehead atoms. The lowest BCUT2D eigenvalue weighted by atomic mass is 9.87. The maximum absolute atomic E-state index is 5.70. The van der Waals surface area contributed by atoms with Crippen molar-refractivity contribution in [3.8, 4) is 5.75 Å². The fraction of sp³-hybridized carbons (Fsp3) is 0.667. The van der Waals surface area contributed by atoms with Crippen LogP contribution in [0.5, 0.6) is 5.75 Å². The fourth-order valence-electron chi connectivity index (χ4n) is 2.19. The Labute approximate surface area is 130 Å². The van der Waals surface area contributed by atoms with Crippen molar-refractivity contribution < 1.29 is 14.4 Å². The molecule has 0 heterocycles. The van der Waals surface area contributed by atoms with E-state index in [4.69, 9.17) is 9.47 Å². The van der Waals surface area contributed by atoms with Crippen molar-refractivity contribution in [1.82, 2.24) is 0 Å². The van der Waals surface area contributed by atoms with Crippen LogP contribution in [0.4, 0.5) is 0 Å². The quantitative estimate of drug-likeness (QED) is 0.706. The number of nitrogens with one attached hydrogen (secondary N) is 1. The molecule has 1 aromatic rings. The van der Waals surface area contributed by atoms with Gasteiger partial charge in [0, 0.05) is 0 Å². The van der Waals surface area contributed by atoms with Gasteiger partial charge in [0.2, 0.25) is 0 Å². The largest absolute Gasteiger partial charge is 0.491 e. The molecule has 1 rings (SSSR count). The smallest absolute Gasteiger partial charge is 0.119 e. The number of likely N-dealkylation sites (N-methyl/N-ethyl adjacent to an activating group) is 1. The number of benzene rings is 1. The van der Waals surface area contributed by atoms with Crippen molar-refractivity contribution in [3.63, 3.8) is 0 Å². The van der Waals surface area contributed by atoms with Crippen molar-refractivity contribution in [2.75, 3.05) is 39.5 Å². The Hall–Kier alpha value is -1.06. The van der Waals surface area contributed by atoms with E-state index in [1.807, 2.05) is 12.1 Å². The van der Waals surface area contributed by atoms with Gasteiger partial charge in [-0.25, -0.2) is 0 Å². The van der Waals surface area contributed by atoms with E-state index in [0.29, 0.717) is 13.2 Å². The van der Waals surface area contributed by atoms with Crippen LogP contribution in [-0.4, -0.2) is 39.5 Å². The van der Waals surface area contributed by atoms with Crippen LogP contribution < -0.4 is 9.64 Å². The molecular weight excluding hydrogens is 262 g/mol. The molecule has 0 unspecified atom stereocenters. The summed E-state index contributed by atoms with van der Waals surface area (Å²) in [6.07, 6.45) is 0. The van der Waals surface area contributed by atoms with Crippen molar-refractivity contribution in [3.05, 3.63) is 29.8 Å². The average molecular weight is 294 g/mol. The average Bonchev–Trinajstić information content (AvgIpc) is 2.46. The molecule has 3 nitrogen and oxygen atoms in total. The molecule has 0 fully saturated rings. The van der Waals surface area contributed by atoms with Crippen LogP contribution in [0.1, 0.15) is 40.2 Å². The number of quaternary nitrogens is 1. The Balaban J connectivity index is 2.18. The topological polar surface area (TPSA) is 22.9 Å². The van der Waals surface area contributed by atoms with Crippen LogP contribution in [0, 0.1) is 0 Å². The van der Waals surface area contributed by atoms with E-state index >= 15 is 0 Å². The summed E-state index contributed by atoms with van der Waals surface area (Å²) < 4.78 is 11.3. The van der Waals surface area contributed by atoms with Gasteiger partial charge in [-0.1, -0.05) is 32.9 Å². The molecule has 0 amide bonds. The second kappa shape index (κ2) is 9.06. The normalized spacial score (nSPS) is 11.9. The van der Waals surface area contributed by atoms with Crippen LogP contribution in [0.25, 0.3) is 0 Å². The highest BCUT2D eigenvalue weighted by Crippen LogP contribution is 2.24. The van der Waals surface area contributed by atoms with Crippen LogP contribution in [-0.2, 0) is 10.2 Å². The molecule has 0 aromatic heterocycles. The zero-order chi connectivity index (χ0) is 15.7. The number of hydrogen-bond donors (Lipinski definition) is 1. The molecule has 0 saturated carbocycles. The second-order valence-corrected chi connectivity index (χ2v) is 6.44. The van der Waals surface area contributed by atoms with E-state index in [9.17, 15) is 0 Å². The van der Waals surface area contributed by atoms with E-state index in [2.05, 4.69) is 46.8 Å². The first kappa shape index (κ1) is 18.0. The van der Waals surface area contributed by atoms with Gasteiger partial charge < -0.3 is 14.4 Å². The third kappa shape index (κ3) is 6.96. The molecule has 3 heteroatoms. The third-order valence-corrected chi connectivity index (χ3v) is 3.82. The van der Waals surface area contributed by atoms with Gasteiger partial charge >= 0.3 is 0 Å². The standard InChI is InChI=1S/C18H31NO2/c1-6-19(7-2)12-13-20-14-15-21-17-10-8-16(9-11-17)18(3,4)5/h8-11H,6-7,12-15H2,1-5H3/p+1. The van der Waals surface area contributed by atoms with E-state index in [1.165, 1.54) is 5.56 Å². The molecule has 21 heavy (non-hydrogen) atoms. The molecule has 0 spiro atoms. The van der Waals surface area contributed by atoms with Gasteiger partial charge in [0.25, 0.3) is 0 Å². The Bertz CT molecular complexity index is 377. The Kier molecular flexibility index (Phi) is 7.76. The Morgan fingerprint density at radius 2 is 1.52 bits per heavy atom. The van der Waals surface area contributed by atoms with Crippen LogP contribution in [0.2, 0.25) is 0 Å². The van der Waals surface area contributed by atoms with E-state index < -0.39 is 0 Å². The summed E-state index contributed by atoms with van der Waals surface area (Å²) >= 11 is 0. The van der Waals surface area contributed by atoms with Gasteiger partial charge in [0.05, 0.1) is 26.3 Å². The molecule has 0 saturated heterocycles. The lowest BCUT2D eigenvalue weighted by molar-refractivity contribution is -0.896. The molecule has 0 aliphatic carbocycles. The summed E-state index contributed by atoms with van der Waals surface area (Å²) in [5, 5.41) is 0. The second-order valence-electron chi connectivity index (χ2n) is 6.44. The highest BCUT2D eigenvalue weighted by atomic mass is 16.5. The number of hydrogen-bond acceptors (Lipinski definition) is 2. The van der Waals surface area contributed by atoms with Gasteiger partial charge in [0.1, 0.15) is 18.9 Å². The number of ether oxygens (including phenoxy) is 2. The van der Waals surface area contributed by atoms with E-state index in [-0.39, 0.29) is 5.41 Å². The SMILES string of the molecule is CC[NH+](CC)CCOCCOc1ccc(C(C)(C)C)cc1. The molecule has 120 valence electrons. The van der Waals surface area contributed by atoms with Crippen molar-refractivity contribution in [2.45, 2.75) is 40.0 Å². The molecule has 0 atom stereocenters. The van der Waals surface area contributed by atoms with Crippen LogP contribution in [0.3, 0.4) is 0 Å². The van der Waals surface area contributed by atoms with Crippen LogP contribution in [0.15, 0.2) is 24.3 Å². The third-order valence-electron chi connectivity index (χ3n) is 3.82. The first-order valence-electron chi connectivity index (χ1n) is 8.12. The molecule has 0 aliphatic rings. The fourth-order valence-corrected chi connectivity index (χ4v) is 2.19. The van der Waals surface area contributed by atoms with Crippen molar-refractivity contribution in [1.29, 1.82) is 0 Å². The summed E-state index contributed by atoms with van der Waals surface area (Å²) in [5.74, 6) is 0.918. The highest BCUT2D eigenvalue weighted by molar-refractivity contribution is 5.31. The summed E-state index contributed by atoms with van der Waals surface area (Å²) in [7, 11) is 0. The molecule has 1 aromatic carbocycles. The lowest BCUT2D eigenvalue weighted by Crippen LogP contribution is -3.11. The van der Waals surface area contributed by atoms with Gasteiger partial charge in [-0.05, 0) is 37.0 Å². The van der Waals surface area contributed by atoms with Gasteiger partial charge in [0.15, 0.2) is 0 Å². The predicted molar refractivity (Wildman–Crippen MR) is 88.4 cm³/mol. The Morgan fingerprint density at radius 3 is 2.05 bits per heavy atom. The van der Waals surface area contributed by atoms with Gasteiger partial charge in [-0.2, -0.15) is 0 Å². The predicted octanol–water partition coefficient (Wildman–Crippen LogP) is 2.30. The van der Waals surface area contributed by atoms with E-state index in [0.717, 1.165) is 32.0 Å². The Morgan fingerprint density at radius 1 is 0.905 bits per heavy atom. The summed E-state index contributed by atoms with van der Waals surface area (Å²) in [4.78, 5) is 1.58. The van der Waals surface area contributed by atoms with Gasteiger partial charge in [-0.15, -0.1) is 0 Å². The van der Waals surface area contributed by atoms with E-state index in [1.54, 1.807) is 4.90 Å². The zero-order valence-corrected chi connectivity index (χ0v) is 14.4. The van der Waals surface area contributed by atoms with Crippen molar-refractivity contribution in [2.24, 2.45) is 0 Å². The maximum Gasteiger partial charge on any atom is 0.119 e. The molecule has 0 radical (unpaired) electrons. The first-order valence-corrected chi connectivity index (χ1v) is 8.12. The summed E-state index contributed by atoms with van der Waals surface area (Å²) in [6, 6.07) is 8.36. The van der Waals surface area contributed by atoms with Crippen molar-refractivity contribution >= 4 is 0 Å². The highest BCUT2D eigenvalue weighted by Gasteiger charge is 2.12. The minimum Gasteiger partial charge on any atom is -0.491 e. The van der Waals surface area contributed by atoms with Gasteiger partial charge in [-0.3, -0.25) is 0 Å². The minimum atomic E-state index is 0.189. The van der Waals surface area contributed by atoms with Crippen LogP contribution >= 0.6 is 0 Å². The summed E-state index contributed by atoms with van der Waals surface area (Å²) in [6.45, 7) is 16.6. The molecule has 1 N–H and O–H groups in total. The zero-order valence-electron chi connectivity index (χ0n) is 14.4. The summed E-state index contributed by atoms with van der Waals surface area (Å²) in [5.41, 5.74) is 1.52. The molecule has 0 aliphatic heterocycles. The number of rotatable bonds is 9. The monoisotopic (exact) mass is 294 g/mol. The minimum absolute atomic E-state index is 0.189. The first-order chi connectivity index (χ1) is 9.97. The lowest BCUT2D eigenvalue weighted by Gasteiger charge is -2.19.